The lowest BCUT2D eigenvalue weighted by Crippen LogP contribution is -2.38. The van der Waals surface area contributed by atoms with E-state index in [1.54, 1.807) is 11.8 Å². The molecule has 0 bridgehead atoms. The number of carboxylic acids is 1. The Bertz CT molecular complexity index is 456. The Balaban J connectivity index is 2.45. The molecule has 1 heterocycles. The van der Waals surface area contributed by atoms with Gasteiger partial charge in [0.25, 0.3) is 0 Å². The van der Waals surface area contributed by atoms with Gasteiger partial charge in [-0.3, -0.25) is 9.59 Å². The lowest BCUT2D eigenvalue weighted by molar-refractivity contribution is -0.138. The summed E-state index contributed by atoms with van der Waals surface area (Å²) in [4.78, 5) is 28.4. The molecule has 0 aromatic carbocycles. The maximum atomic E-state index is 12.1. The third-order valence-electron chi connectivity index (χ3n) is 2.86. The van der Waals surface area contributed by atoms with Gasteiger partial charge in [-0.15, -0.1) is 0 Å². The molecule has 1 N–H and O–H groups in total. The maximum absolute atomic E-state index is 12.1. The van der Waals surface area contributed by atoms with Crippen LogP contribution in [0.2, 0.25) is 0 Å². The van der Waals surface area contributed by atoms with Crippen molar-refractivity contribution in [2.24, 2.45) is 0 Å². The van der Waals surface area contributed by atoms with Crippen LogP contribution in [0.15, 0.2) is 4.52 Å². The molecule has 0 saturated heterocycles. The van der Waals surface area contributed by atoms with Crippen LogP contribution in [-0.4, -0.2) is 44.6 Å². The van der Waals surface area contributed by atoms with Crippen LogP contribution in [0, 0.1) is 6.92 Å². The standard InChI is InChI=1S/C13H21N3O4/c1-9(2)16(8-4-5-13(18)19)12(17)7-6-11-14-10(3)15-20-11/h9H,4-8H2,1-3H3,(H,18,19). The molecule has 1 aromatic rings. The van der Waals surface area contributed by atoms with Gasteiger partial charge in [-0.05, 0) is 27.2 Å². The molecule has 1 rings (SSSR count). The number of aryl methyl sites for hydroxylation is 2. The zero-order chi connectivity index (χ0) is 15.1. The molecule has 112 valence electrons. The lowest BCUT2D eigenvalue weighted by atomic mass is 10.2. The molecular formula is C13H21N3O4. The molecule has 0 aliphatic carbocycles. The van der Waals surface area contributed by atoms with Crippen molar-refractivity contribution in [2.75, 3.05) is 6.54 Å². The molecule has 20 heavy (non-hydrogen) atoms. The molecule has 0 saturated carbocycles. The van der Waals surface area contributed by atoms with E-state index in [9.17, 15) is 9.59 Å². The number of carbonyl (C=O) groups is 2. The lowest BCUT2D eigenvalue weighted by Gasteiger charge is -2.26. The zero-order valence-electron chi connectivity index (χ0n) is 12.1. The van der Waals surface area contributed by atoms with Crippen molar-refractivity contribution in [3.8, 4) is 0 Å². The van der Waals surface area contributed by atoms with Crippen molar-refractivity contribution in [1.82, 2.24) is 15.0 Å². The maximum Gasteiger partial charge on any atom is 0.303 e. The number of hydrogen-bond donors (Lipinski definition) is 1. The summed E-state index contributed by atoms with van der Waals surface area (Å²) in [6.07, 6.45) is 1.22. The van der Waals surface area contributed by atoms with E-state index in [-0.39, 0.29) is 24.8 Å². The first-order chi connectivity index (χ1) is 9.40. The smallest absolute Gasteiger partial charge is 0.303 e. The fourth-order valence-corrected chi connectivity index (χ4v) is 1.87. The fourth-order valence-electron chi connectivity index (χ4n) is 1.87. The highest BCUT2D eigenvalue weighted by atomic mass is 16.5. The molecule has 7 nitrogen and oxygen atoms in total. The molecule has 0 atom stereocenters. The average Bonchev–Trinajstić information content (AvgIpc) is 2.77. The van der Waals surface area contributed by atoms with E-state index in [1.165, 1.54) is 0 Å². The van der Waals surface area contributed by atoms with Gasteiger partial charge in [-0.2, -0.15) is 4.98 Å². The average molecular weight is 283 g/mol. The van der Waals surface area contributed by atoms with E-state index >= 15 is 0 Å². The molecule has 0 unspecified atom stereocenters. The van der Waals surface area contributed by atoms with Gasteiger partial charge < -0.3 is 14.5 Å². The molecule has 1 aromatic heterocycles. The molecule has 0 spiro atoms. The van der Waals surface area contributed by atoms with Crippen molar-refractivity contribution < 1.29 is 19.2 Å². The Hall–Kier alpha value is -1.92. The fraction of sp³-hybridized carbons (Fsp3) is 0.692. The van der Waals surface area contributed by atoms with Gasteiger partial charge in [0.15, 0.2) is 5.82 Å². The van der Waals surface area contributed by atoms with Crippen LogP contribution in [0.25, 0.3) is 0 Å². The van der Waals surface area contributed by atoms with Gasteiger partial charge in [-0.1, -0.05) is 5.16 Å². The van der Waals surface area contributed by atoms with Crippen LogP contribution < -0.4 is 0 Å². The third kappa shape index (κ3) is 5.38. The van der Waals surface area contributed by atoms with Crippen LogP contribution in [0.5, 0.6) is 0 Å². The van der Waals surface area contributed by atoms with E-state index < -0.39 is 5.97 Å². The van der Waals surface area contributed by atoms with Crippen molar-refractivity contribution in [3.05, 3.63) is 11.7 Å². The minimum Gasteiger partial charge on any atom is -0.481 e. The van der Waals surface area contributed by atoms with Crippen LogP contribution in [-0.2, 0) is 16.0 Å². The second-order valence-corrected chi connectivity index (χ2v) is 4.91. The summed E-state index contributed by atoms with van der Waals surface area (Å²) < 4.78 is 4.96. The summed E-state index contributed by atoms with van der Waals surface area (Å²) >= 11 is 0. The van der Waals surface area contributed by atoms with E-state index in [2.05, 4.69) is 10.1 Å². The first-order valence-corrected chi connectivity index (χ1v) is 6.70. The Kier molecular flexibility index (Phi) is 6.14. The number of hydrogen-bond acceptors (Lipinski definition) is 5. The largest absolute Gasteiger partial charge is 0.481 e. The van der Waals surface area contributed by atoms with E-state index in [1.807, 2.05) is 13.8 Å². The highest BCUT2D eigenvalue weighted by Gasteiger charge is 2.18. The normalized spacial score (nSPS) is 10.8. The van der Waals surface area contributed by atoms with Crippen LogP contribution >= 0.6 is 0 Å². The minimum absolute atomic E-state index is 0.0266. The number of aromatic nitrogens is 2. The highest BCUT2D eigenvalue weighted by molar-refractivity contribution is 5.76. The number of amides is 1. The van der Waals surface area contributed by atoms with Crippen molar-refractivity contribution >= 4 is 11.9 Å². The van der Waals surface area contributed by atoms with Crippen molar-refractivity contribution in [1.29, 1.82) is 0 Å². The summed E-state index contributed by atoms with van der Waals surface area (Å²) in [6, 6.07) is 0.0423. The monoisotopic (exact) mass is 283 g/mol. The summed E-state index contributed by atoms with van der Waals surface area (Å²) in [6.45, 7) is 6.00. The van der Waals surface area contributed by atoms with Crippen molar-refractivity contribution in [2.45, 2.75) is 52.5 Å². The SMILES string of the molecule is Cc1noc(CCC(=O)N(CCCC(=O)O)C(C)C)n1. The van der Waals surface area contributed by atoms with Gasteiger partial charge >= 0.3 is 5.97 Å². The summed E-state index contributed by atoms with van der Waals surface area (Å²) in [7, 11) is 0. The summed E-state index contributed by atoms with van der Waals surface area (Å²) in [5.74, 6) is 0.128. The Labute approximate surface area is 118 Å². The van der Waals surface area contributed by atoms with Crippen LogP contribution in [0.1, 0.15) is 44.8 Å². The van der Waals surface area contributed by atoms with Gasteiger partial charge in [0.1, 0.15) is 0 Å². The number of rotatable bonds is 8. The predicted octanol–water partition coefficient (Wildman–Crippen LogP) is 1.41. The van der Waals surface area contributed by atoms with E-state index in [4.69, 9.17) is 9.63 Å². The quantitative estimate of drug-likeness (QED) is 0.775. The molecule has 0 aliphatic rings. The molecule has 0 radical (unpaired) electrons. The van der Waals surface area contributed by atoms with Gasteiger partial charge in [0.05, 0.1) is 0 Å². The van der Waals surface area contributed by atoms with Gasteiger partial charge in [-0.25, -0.2) is 0 Å². The van der Waals surface area contributed by atoms with E-state index in [0.29, 0.717) is 31.1 Å². The third-order valence-corrected chi connectivity index (χ3v) is 2.86. The molecule has 0 aliphatic heterocycles. The van der Waals surface area contributed by atoms with Crippen LogP contribution in [0.3, 0.4) is 0 Å². The number of aliphatic carboxylic acids is 1. The predicted molar refractivity (Wildman–Crippen MR) is 71.1 cm³/mol. The summed E-state index contributed by atoms with van der Waals surface area (Å²) in [5, 5.41) is 12.3. The highest BCUT2D eigenvalue weighted by Crippen LogP contribution is 2.08. The first-order valence-electron chi connectivity index (χ1n) is 6.70. The first kappa shape index (κ1) is 16.1. The Morgan fingerprint density at radius 2 is 2.05 bits per heavy atom. The molecular weight excluding hydrogens is 262 g/mol. The minimum atomic E-state index is -0.845. The molecule has 1 amide bonds. The molecule has 7 heteroatoms. The van der Waals surface area contributed by atoms with Gasteiger partial charge in [0, 0.05) is 31.8 Å². The van der Waals surface area contributed by atoms with Gasteiger partial charge in [0.2, 0.25) is 11.8 Å². The number of nitrogens with zero attached hydrogens (tertiary/aromatic N) is 3. The Morgan fingerprint density at radius 3 is 2.55 bits per heavy atom. The number of carboxylic acid groups (broad SMARTS) is 1. The van der Waals surface area contributed by atoms with E-state index in [0.717, 1.165) is 0 Å². The zero-order valence-corrected chi connectivity index (χ0v) is 12.1. The Morgan fingerprint density at radius 1 is 1.35 bits per heavy atom. The van der Waals surface area contributed by atoms with Crippen LogP contribution in [0.4, 0.5) is 0 Å². The topological polar surface area (TPSA) is 96.5 Å². The second kappa shape index (κ2) is 7.62. The molecule has 0 fully saturated rings. The van der Waals surface area contributed by atoms with Crippen molar-refractivity contribution in [3.63, 3.8) is 0 Å². The summed E-state index contributed by atoms with van der Waals surface area (Å²) in [5.41, 5.74) is 0. The second-order valence-electron chi connectivity index (χ2n) is 4.91. The number of carbonyl (C=O) groups excluding carboxylic acids is 1.